The molecule has 8 heteroatoms. The van der Waals surface area contributed by atoms with Gasteiger partial charge in [-0.3, -0.25) is 4.79 Å². The SMILES string of the molecule is CCCCN(C)C(=O)c1ccc(N2CCN(C(=O)O)CC2)nn1. The lowest BCUT2D eigenvalue weighted by atomic mass is 10.3. The van der Waals surface area contributed by atoms with E-state index in [1.54, 1.807) is 24.1 Å². The Morgan fingerprint density at radius 2 is 1.91 bits per heavy atom. The number of unbranched alkanes of at least 4 members (excludes halogenated alkanes) is 1. The minimum Gasteiger partial charge on any atom is -0.465 e. The fourth-order valence-corrected chi connectivity index (χ4v) is 2.43. The number of amides is 2. The van der Waals surface area contributed by atoms with Crippen LogP contribution in [0.15, 0.2) is 12.1 Å². The van der Waals surface area contributed by atoms with Crippen molar-refractivity contribution >= 4 is 17.8 Å². The van der Waals surface area contributed by atoms with Gasteiger partial charge in [-0.05, 0) is 18.6 Å². The van der Waals surface area contributed by atoms with E-state index in [0.29, 0.717) is 44.2 Å². The van der Waals surface area contributed by atoms with E-state index >= 15 is 0 Å². The molecule has 0 unspecified atom stereocenters. The molecule has 1 aromatic heterocycles. The summed E-state index contributed by atoms with van der Waals surface area (Å²) in [5, 5.41) is 17.1. The number of carbonyl (C=O) groups is 2. The molecule has 1 aromatic rings. The summed E-state index contributed by atoms with van der Waals surface area (Å²) in [6.45, 7) is 4.82. The van der Waals surface area contributed by atoms with E-state index in [1.165, 1.54) is 4.90 Å². The number of rotatable bonds is 5. The molecule has 0 spiro atoms. The largest absolute Gasteiger partial charge is 0.465 e. The predicted octanol–water partition coefficient (Wildman–Crippen LogP) is 1.15. The van der Waals surface area contributed by atoms with Gasteiger partial charge < -0.3 is 19.8 Å². The first-order chi connectivity index (χ1) is 11.0. The molecule has 0 aromatic carbocycles. The Morgan fingerprint density at radius 1 is 1.22 bits per heavy atom. The maximum atomic E-state index is 12.2. The van der Waals surface area contributed by atoms with Crippen LogP contribution in [0.1, 0.15) is 30.3 Å². The summed E-state index contributed by atoms with van der Waals surface area (Å²) in [5.41, 5.74) is 0.330. The highest BCUT2D eigenvalue weighted by Gasteiger charge is 2.22. The molecule has 0 radical (unpaired) electrons. The third-order valence-corrected chi connectivity index (χ3v) is 3.94. The first-order valence-electron chi connectivity index (χ1n) is 7.85. The van der Waals surface area contributed by atoms with Gasteiger partial charge in [0.1, 0.15) is 0 Å². The Morgan fingerprint density at radius 3 is 2.43 bits per heavy atom. The number of carbonyl (C=O) groups excluding carboxylic acids is 1. The van der Waals surface area contributed by atoms with Gasteiger partial charge >= 0.3 is 6.09 Å². The molecule has 8 nitrogen and oxygen atoms in total. The summed E-state index contributed by atoms with van der Waals surface area (Å²) in [7, 11) is 1.76. The van der Waals surface area contributed by atoms with Gasteiger partial charge in [0.25, 0.3) is 5.91 Å². The van der Waals surface area contributed by atoms with Crippen molar-refractivity contribution in [2.45, 2.75) is 19.8 Å². The van der Waals surface area contributed by atoms with Crippen LogP contribution in [0.3, 0.4) is 0 Å². The van der Waals surface area contributed by atoms with Crippen molar-refractivity contribution in [3.05, 3.63) is 17.8 Å². The van der Waals surface area contributed by atoms with Gasteiger partial charge in [0.05, 0.1) is 0 Å². The quantitative estimate of drug-likeness (QED) is 0.875. The highest BCUT2D eigenvalue weighted by molar-refractivity contribution is 5.92. The molecule has 126 valence electrons. The van der Waals surface area contributed by atoms with Crippen LogP contribution < -0.4 is 4.90 Å². The van der Waals surface area contributed by atoms with Gasteiger partial charge in [0.2, 0.25) is 0 Å². The second kappa shape index (κ2) is 7.75. The summed E-state index contributed by atoms with van der Waals surface area (Å²) in [6.07, 6.45) is 1.10. The number of anilines is 1. The molecule has 0 bridgehead atoms. The fourth-order valence-electron chi connectivity index (χ4n) is 2.43. The molecule has 2 amide bonds. The number of nitrogens with zero attached hydrogens (tertiary/aromatic N) is 5. The third-order valence-electron chi connectivity index (χ3n) is 3.94. The standard InChI is InChI=1S/C15H23N5O3/c1-3-4-7-18(2)14(21)12-5-6-13(17-16-12)19-8-10-20(11-9-19)15(22)23/h5-6H,3-4,7-11H2,1-2H3,(H,22,23). The molecule has 1 saturated heterocycles. The molecular formula is C15H23N5O3. The highest BCUT2D eigenvalue weighted by atomic mass is 16.4. The number of piperazine rings is 1. The van der Waals surface area contributed by atoms with E-state index in [2.05, 4.69) is 17.1 Å². The van der Waals surface area contributed by atoms with Crippen molar-refractivity contribution in [2.75, 3.05) is 44.7 Å². The Hall–Kier alpha value is -2.38. The van der Waals surface area contributed by atoms with E-state index in [4.69, 9.17) is 5.11 Å². The number of aromatic nitrogens is 2. The smallest absolute Gasteiger partial charge is 0.407 e. The second-order valence-electron chi connectivity index (χ2n) is 5.61. The molecule has 1 fully saturated rings. The van der Waals surface area contributed by atoms with Crippen LogP contribution in [0.5, 0.6) is 0 Å². The fraction of sp³-hybridized carbons (Fsp3) is 0.600. The molecule has 2 rings (SSSR count). The topological polar surface area (TPSA) is 89.9 Å². The summed E-state index contributed by atoms with van der Waals surface area (Å²) in [6, 6.07) is 3.45. The lowest BCUT2D eigenvalue weighted by Gasteiger charge is -2.33. The van der Waals surface area contributed by atoms with Crippen LogP contribution in [-0.4, -0.2) is 76.9 Å². The van der Waals surface area contributed by atoms with Gasteiger partial charge in [-0.15, -0.1) is 10.2 Å². The molecule has 23 heavy (non-hydrogen) atoms. The van der Waals surface area contributed by atoms with Gasteiger partial charge in [-0.2, -0.15) is 0 Å². The van der Waals surface area contributed by atoms with Gasteiger partial charge in [0.15, 0.2) is 11.5 Å². The van der Waals surface area contributed by atoms with Crippen LogP contribution in [0, 0.1) is 0 Å². The van der Waals surface area contributed by atoms with Gasteiger partial charge in [-0.1, -0.05) is 13.3 Å². The predicted molar refractivity (Wildman–Crippen MR) is 85.7 cm³/mol. The summed E-state index contributed by atoms with van der Waals surface area (Å²) < 4.78 is 0. The summed E-state index contributed by atoms with van der Waals surface area (Å²) in [5.74, 6) is 0.538. The maximum absolute atomic E-state index is 12.2. The van der Waals surface area contributed by atoms with Crippen LogP contribution in [0.25, 0.3) is 0 Å². The lowest BCUT2D eigenvalue weighted by molar-refractivity contribution is 0.0786. The van der Waals surface area contributed by atoms with Crippen molar-refractivity contribution in [2.24, 2.45) is 0 Å². The Labute approximate surface area is 135 Å². The zero-order valence-corrected chi connectivity index (χ0v) is 13.6. The van der Waals surface area contributed by atoms with E-state index in [1.807, 2.05) is 4.90 Å². The normalized spacial score (nSPS) is 14.7. The average Bonchev–Trinajstić information content (AvgIpc) is 2.59. The number of hydrogen-bond donors (Lipinski definition) is 1. The highest BCUT2D eigenvalue weighted by Crippen LogP contribution is 2.13. The zero-order chi connectivity index (χ0) is 16.8. The minimum absolute atomic E-state index is 0.131. The molecular weight excluding hydrogens is 298 g/mol. The summed E-state index contributed by atoms with van der Waals surface area (Å²) >= 11 is 0. The van der Waals surface area contributed by atoms with Crippen LogP contribution >= 0.6 is 0 Å². The minimum atomic E-state index is -0.896. The number of carboxylic acid groups (broad SMARTS) is 1. The molecule has 1 aliphatic rings. The van der Waals surface area contributed by atoms with Crippen LogP contribution in [-0.2, 0) is 0 Å². The third kappa shape index (κ3) is 4.30. The first kappa shape index (κ1) is 17.0. The molecule has 1 N–H and O–H groups in total. The maximum Gasteiger partial charge on any atom is 0.407 e. The summed E-state index contributed by atoms with van der Waals surface area (Å²) in [4.78, 5) is 28.1. The second-order valence-corrected chi connectivity index (χ2v) is 5.61. The van der Waals surface area contributed by atoms with Gasteiger partial charge in [-0.25, -0.2) is 4.79 Å². The molecule has 2 heterocycles. The Kier molecular flexibility index (Phi) is 5.72. The Bertz CT molecular complexity index is 541. The van der Waals surface area contributed by atoms with E-state index in [9.17, 15) is 9.59 Å². The average molecular weight is 321 g/mol. The van der Waals surface area contributed by atoms with E-state index in [0.717, 1.165) is 12.8 Å². The van der Waals surface area contributed by atoms with Crippen molar-refractivity contribution < 1.29 is 14.7 Å². The molecule has 0 atom stereocenters. The number of hydrogen-bond acceptors (Lipinski definition) is 5. The van der Waals surface area contributed by atoms with Crippen molar-refractivity contribution in [1.82, 2.24) is 20.0 Å². The zero-order valence-electron chi connectivity index (χ0n) is 13.6. The van der Waals surface area contributed by atoms with Crippen LogP contribution in [0.4, 0.5) is 10.6 Å². The van der Waals surface area contributed by atoms with Crippen molar-refractivity contribution in [1.29, 1.82) is 0 Å². The molecule has 1 aliphatic heterocycles. The monoisotopic (exact) mass is 321 g/mol. The van der Waals surface area contributed by atoms with E-state index < -0.39 is 6.09 Å². The molecule has 0 aliphatic carbocycles. The first-order valence-corrected chi connectivity index (χ1v) is 7.85. The van der Waals surface area contributed by atoms with Crippen LogP contribution in [0.2, 0.25) is 0 Å². The Balaban J connectivity index is 1.94. The molecule has 0 saturated carbocycles. The van der Waals surface area contributed by atoms with Crippen molar-refractivity contribution in [3.63, 3.8) is 0 Å². The van der Waals surface area contributed by atoms with Crippen molar-refractivity contribution in [3.8, 4) is 0 Å². The lowest BCUT2D eigenvalue weighted by Crippen LogP contribution is -2.48. The van der Waals surface area contributed by atoms with E-state index in [-0.39, 0.29) is 5.91 Å². The van der Waals surface area contributed by atoms with Gasteiger partial charge in [0, 0.05) is 39.8 Å².